The molecule has 0 radical (unpaired) electrons. The number of halogens is 1. The van der Waals surface area contributed by atoms with Crippen LogP contribution in [0.1, 0.15) is 10.4 Å². The summed E-state index contributed by atoms with van der Waals surface area (Å²) in [7, 11) is 3.23. The van der Waals surface area contributed by atoms with Crippen LogP contribution in [0.4, 0.5) is 4.39 Å². The topological polar surface area (TPSA) is 49.4 Å². The van der Waals surface area contributed by atoms with E-state index < -0.39 is 5.91 Å². The monoisotopic (exact) mass is 274 g/mol. The van der Waals surface area contributed by atoms with E-state index in [1.54, 1.807) is 38.4 Å². The lowest BCUT2D eigenvalue weighted by molar-refractivity contribution is -0.127. The molecule has 0 aromatic heterocycles. The maximum absolute atomic E-state index is 13.7. The number of amides is 2. The largest absolute Gasteiger partial charge is 0.347 e. The average molecular weight is 274 g/mol. The zero-order valence-corrected chi connectivity index (χ0v) is 11.3. The van der Waals surface area contributed by atoms with Gasteiger partial charge in [-0.1, -0.05) is 24.3 Å². The molecule has 0 aliphatic carbocycles. The van der Waals surface area contributed by atoms with Crippen molar-refractivity contribution in [1.82, 2.24) is 10.2 Å². The van der Waals surface area contributed by atoms with Gasteiger partial charge >= 0.3 is 0 Å². The third-order valence-electron chi connectivity index (χ3n) is 3.01. The number of fused-ring (bicyclic) bond motifs is 1. The Hall–Kier alpha value is -2.43. The maximum Gasteiger partial charge on any atom is 0.252 e. The molecule has 0 aliphatic heterocycles. The molecular formula is C15H15FN2O2. The Kier molecular flexibility index (Phi) is 3.98. The Morgan fingerprint density at radius 2 is 1.75 bits per heavy atom. The van der Waals surface area contributed by atoms with Crippen molar-refractivity contribution in [2.45, 2.75) is 0 Å². The molecule has 0 saturated heterocycles. The van der Waals surface area contributed by atoms with Crippen LogP contribution in [0, 0.1) is 5.82 Å². The summed E-state index contributed by atoms with van der Waals surface area (Å²) in [6.45, 7) is -0.0858. The smallest absolute Gasteiger partial charge is 0.252 e. The van der Waals surface area contributed by atoms with Crippen LogP contribution in [0.15, 0.2) is 36.4 Å². The lowest BCUT2D eigenvalue weighted by Gasteiger charge is -2.12. The highest BCUT2D eigenvalue weighted by atomic mass is 19.1. The van der Waals surface area contributed by atoms with E-state index in [1.807, 2.05) is 0 Å². The maximum atomic E-state index is 13.7. The molecule has 1 N–H and O–H groups in total. The average Bonchev–Trinajstić information content (AvgIpc) is 2.45. The molecule has 0 aliphatic rings. The summed E-state index contributed by atoms with van der Waals surface area (Å²) >= 11 is 0. The second kappa shape index (κ2) is 5.69. The first-order valence-corrected chi connectivity index (χ1v) is 6.16. The lowest BCUT2D eigenvalue weighted by Crippen LogP contribution is -2.36. The normalized spacial score (nSPS) is 10.3. The van der Waals surface area contributed by atoms with Crippen molar-refractivity contribution < 1.29 is 14.0 Å². The molecule has 4 nitrogen and oxygen atoms in total. The number of carbonyl (C=O) groups excluding carboxylic acids is 2. The number of nitrogens with one attached hydrogen (secondary N) is 1. The van der Waals surface area contributed by atoms with Crippen LogP contribution in [0.2, 0.25) is 0 Å². The van der Waals surface area contributed by atoms with Gasteiger partial charge in [0.2, 0.25) is 5.91 Å². The van der Waals surface area contributed by atoms with Crippen LogP contribution in [-0.4, -0.2) is 37.4 Å². The van der Waals surface area contributed by atoms with Crippen LogP contribution < -0.4 is 5.32 Å². The molecule has 0 saturated carbocycles. The highest BCUT2D eigenvalue weighted by Gasteiger charge is 2.13. The predicted molar refractivity (Wildman–Crippen MR) is 74.9 cm³/mol. The predicted octanol–water partition coefficient (Wildman–Crippen LogP) is 1.80. The molecule has 0 fully saturated rings. The van der Waals surface area contributed by atoms with Crippen LogP contribution >= 0.6 is 0 Å². The molecule has 2 rings (SSSR count). The number of likely N-dealkylation sites (N-methyl/N-ethyl adjacent to an activating group) is 1. The van der Waals surface area contributed by atoms with E-state index in [0.717, 1.165) is 0 Å². The molecule has 2 aromatic rings. The molecule has 2 aromatic carbocycles. The van der Waals surface area contributed by atoms with Gasteiger partial charge in [0.25, 0.3) is 5.91 Å². The number of rotatable bonds is 3. The van der Waals surface area contributed by atoms with Crippen molar-refractivity contribution >= 4 is 22.6 Å². The third-order valence-corrected chi connectivity index (χ3v) is 3.01. The van der Waals surface area contributed by atoms with Gasteiger partial charge in [0.1, 0.15) is 5.82 Å². The SMILES string of the molecule is CN(C)C(=O)CNC(=O)c1ccc(F)c2ccccc12. The highest BCUT2D eigenvalue weighted by molar-refractivity contribution is 6.07. The van der Waals surface area contributed by atoms with Crippen molar-refractivity contribution in [3.8, 4) is 0 Å². The summed E-state index contributed by atoms with van der Waals surface area (Å²) in [5.41, 5.74) is 0.355. The van der Waals surface area contributed by atoms with Gasteiger partial charge in [-0.3, -0.25) is 9.59 Å². The van der Waals surface area contributed by atoms with Gasteiger partial charge in [-0.25, -0.2) is 4.39 Å². The number of hydrogen-bond donors (Lipinski definition) is 1. The zero-order chi connectivity index (χ0) is 14.7. The second-order valence-electron chi connectivity index (χ2n) is 4.61. The fraction of sp³-hybridized carbons (Fsp3) is 0.200. The number of benzene rings is 2. The molecule has 5 heteroatoms. The first-order valence-electron chi connectivity index (χ1n) is 6.16. The summed E-state index contributed by atoms with van der Waals surface area (Å²) in [5, 5.41) is 3.46. The van der Waals surface area contributed by atoms with Gasteiger partial charge in [-0.15, -0.1) is 0 Å². The summed E-state index contributed by atoms with van der Waals surface area (Å²) in [4.78, 5) is 24.9. The fourth-order valence-corrected chi connectivity index (χ4v) is 1.87. The van der Waals surface area contributed by atoms with Crippen molar-refractivity contribution in [2.24, 2.45) is 0 Å². The van der Waals surface area contributed by atoms with Crippen LogP contribution in [0.3, 0.4) is 0 Å². The molecule has 104 valence electrons. The number of carbonyl (C=O) groups is 2. The van der Waals surface area contributed by atoms with E-state index in [1.165, 1.54) is 17.0 Å². The van der Waals surface area contributed by atoms with E-state index in [4.69, 9.17) is 0 Å². The third kappa shape index (κ3) is 2.77. The van der Waals surface area contributed by atoms with Crippen LogP contribution in [-0.2, 0) is 4.79 Å². The standard InChI is InChI=1S/C15H15FN2O2/c1-18(2)14(19)9-17-15(20)12-7-8-13(16)11-6-4-3-5-10(11)12/h3-8H,9H2,1-2H3,(H,17,20). The Bertz CT molecular complexity index is 668. The van der Waals surface area contributed by atoms with Gasteiger partial charge < -0.3 is 10.2 Å². The molecule has 0 heterocycles. The van der Waals surface area contributed by atoms with Gasteiger partial charge in [-0.05, 0) is 17.5 Å². The summed E-state index contributed by atoms with van der Waals surface area (Å²) in [6, 6.07) is 9.43. The first kappa shape index (κ1) is 14.0. The Balaban J connectivity index is 2.27. The minimum Gasteiger partial charge on any atom is -0.347 e. The van der Waals surface area contributed by atoms with Gasteiger partial charge in [0.05, 0.1) is 6.54 Å². The number of nitrogens with zero attached hydrogens (tertiary/aromatic N) is 1. The minimum absolute atomic E-state index is 0.0858. The molecule has 0 bridgehead atoms. The Morgan fingerprint density at radius 3 is 2.40 bits per heavy atom. The molecule has 0 unspecified atom stereocenters. The number of hydrogen-bond acceptors (Lipinski definition) is 2. The molecule has 0 spiro atoms. The van der Waals surface area contributed by atoms with Gasteiger partial charge in [-0.2, -0.15) is 0 Å². The van der Waals surface area contributed by atoms with E-state index in [9.17, 15) is 14.0 Å². The van der Waals surface area contributed by atoms with E-state index in [-0.39, 0.29) is 18.3 Å². The van der Waals surface area contributed by atoms with Gasteiger partial charge in [0, 0.05) is 25.0 Å². The summed E-state index contributed by atoms with van der Waals surface area (Å²) < 4.78 is 13.7. The van der Waals surface area contributed by atoms with Crippen LogP contribution in [0.25, 0.3) is 10.8 Å². The van der Waals surface area contributed by atoms with Crippen molar-refractivity contribution in [3.63, 3.8) is 0 Å². The van der Waals surface area contributed by atoms with E-state index in [0.29, 0.717) is 16.3 Å². The quantitative estimate of drug-likeness (QED) is 0.927. The van der Waals surface area contributed by atoms with Crippen LogP contribution in [0.5, 0.6) is 0 Å². The lowest BCUT2D eigenvalue weighted by atomic mass is 10.0. The molecule has 2 amide bonds. The van der Waals surface area contributed by atoms with Gasteiger partial charge in [0.15, 0.2) is 0 Å². The Labute approximate surface area is 116 Å². The second-order valence-corrected chi connectivity index (χ2v) is 4.61. The van der Waals surface area contributed by atoms with Crippen molar-refractivity contribution in [2.75, 3.05) is 20.6 Å². The van der Waals surface area contributed by atoms with Crippen molar-refractivity contribution in [3.05, 3.63) is 47.8 Å². The summed E-state index contributed by atoms with van der Waals surface area (Å²) in [5.74, 6) is -0.970. The minimum atomic E-state index is -0.392. The van der Waals surface area contributed by atoms with Crippen molar-refractivity contribution in [1.29, 1.82) is 0 Å². The fourth-order valence-electron chi connectivity index (χ4n) is 1.87. The molecule has 20 heavy (non-hydrogen) atoms. The highest BCUT2D eigenvalue weighted by Crippen LogP contribution is 2.21. The zero-order valence-electron chi connectivity index (χ0n) is 11.3. The first-order chi connectivity index (χ1) is 9.50. The summed E-state index contributed by atoms with van der Waals surface area (Å²) in [6.07, 6.45) is 0. The molecular weight excluding hydrogens is 259 g/mol. The van der Waals surface area contributed by atoms with E-state index in [2.05, 4.69) is 5.32 Å². The Morgan fingerprint density at radius 1 is 1.10 bits per heavy atom. The van der Waals surface area contributed by atoms with E-state index >= 15 is 0 Å². The molecule has 0 atom stereocenters.